The van der Waals surface area contributed by atoms with Gasteiger partial charge in [0.15, 0.2) is 0 Å². The summed E-state index contributed by atoms with van der Waals surface area (Å²) >= 11 is 0. The maximum absolute atomic E-state index is 12.7. The van der Waals surface area contributed by atoms with Gasteiger partial charge in [-0.1, -0.05) is 12.1 Å². The molecule has 0 fully saturated rings. The molecular weight excluding hydrogens is 388 g/mol. The van der Waals surface area contributed by atoms with Crippen molar-refractivity contribution in [3.8, 4) is 0 Å². The number of methoxy groups -OCH3 is 2. The third kappa shape index (κ3) is 5.07. The van der Waals surface area contributed by atoms with E-state index in [4.69, 9.17) is 0 Å². The molecule has 2 rings (SSSR count). The Labute approximate surface area is 161 Å². The molecule has 0 atom stereocenters. The summed E-state index contributed by atoms with van der Waals surface area (Å²) in [5.41, 5.74) is 0.206. The van der Waals surface area contributed by atoms with Crippen LogP contribution >= 0.6 is 0 Å². The topological polar surface area (TPSA) is 128 Å². The first-order chi connectivity index (χ1) is 13.2. The Morgan fingerprint density at radius 2 is 1.50 bits per heavy atom. The number of carbonyl (C=O) groups is 3. The molecule has 0 aliphatic carbocycles. The number of amides is 1. The van der Waals surface area contributed by atoms with E-state index >= 15 is 0 Å². The van der Waals surface area contributed by atoms with Gasteiger partial charge in [-0.15, -0.1) is 0 Å². The van der Waals surface area contributed by atoms with Crippen LogP contribution in [0, 0.1) is 0 Å². The fraction of sp³-hybridized carbons (Fsp3) is 0.167. The van der Waals surface area contributed by atoms with Crippen LogP contribution in [0.2, 0.25) is 0 Å². The van der Waals surface area contributed by atoms with Crippen molar-refractivity contribution < 1.29 is 32.3 Å². The Kier molecular flexibility index (Phi) is 6.37. The van der Waals surface area contributed by atoms with Crippen molar-refractivity contribution in [2.45, 2.75) is 0 Å². The average Bonchev–Trinajstić information content (AvgIpc) is 2.65. The van der Waals surface area contributed by atoms with Crippen molar-refractivity contribution >= 4 is 39.2 Å². The zero-order chi connectivity index (χ0) is 20.9. The molecule has 0 aliphatic heterocycles. The first-order valence-electron chi connectivity index (χ1n) is 7.85. The molecular formula is C18H18N2O7S. The third-order valence-corrected chi connectivity index (χ3v) is 4.15. The Morgan fingerprint density at radius 1 is 0.857 bits per heavy atom. The van der Waals surface area contributed by atoms with Crippen LogP contribution in [0.4, 0.5) is 11.4 Å². The molecule has 0 heterocycles. The number of nitrogens with one attached hydrogen (secondary N) is 2. The van der Waals surface area contributed by atoms with Gasteiger partial charge in [0.25, 0.3) is 5.91 Å². The lowest BCUT2D eigenvalue weighted by atomic mass is 10.1. The van der Waals surface area contributed by atoms with Gasteiger partial charge in [-0.2, -0.15) is 0 Å². The maximum Gasteiger partial charge on any atom is 0.339 e. The second-order valence-corrected chi connectivity index (χ2v) is 7.37. The fourth-order valence-corrected chi connectivity index (χ4v) is 2.92. The van der Waals surface area contributed by atoms with Crippen LogP contribution in [0.1, 0.15) is 31.1 Å². The highest BCUT2D eigenvalue weighted by Crippen LogP contribution is 2.23. The second kappa shape index (κ2) is 8.53. The molecule has 0 aromatic heterocycles. The molecule has 0 aliphatic rings. The fourth-order valence-electron chi connectivity index (χ4n) is 2.34. The number of anilines is 2. The summed E-state index contributed by atoms with van der Waals surface area (Å²) in [5, 5.41) is 2.51. The Bertz CT molecular complexity index is 1030. The highest BCUT2D eigenvalue weighted by atomic mass is 32.2. The van der Waals surface area contributed by atoms with Crippen LogP contribution in [0.15, 0.2) is 42.5 Å². The van der Waals surface area contributed by atoms with Crippen LogP contribution in [0.25, 0.3) is 0 Å². The summed E-state index contributed by atoms with van der Waals surface area (Å²) in [6.45, 7) is 0. The van der Waals surface area contributed by atoms with E-state index in [-0.39, 0.29) is 28.1 Å². The Hall–Kier alpha value is -3.40. The predicted octanol–water partition coefficient (Wildman–Crippen LogP) is 1.88. The van der Waals surface area contributed by atoms with Gasteiger partial charge >= 0.3 is 11.9 Å². The summed E-state index contributed by atoms with van der Waals surface area (Å²) in [6, 6.07) is 9.87. The molecule has 0 radical (unpaired) electrons. The van der Waals surface area contributed by atoms with Gasteiger partial charge in [0.2, 0.25) is 10.0 Å². The van der Waals surface area contributed by atoms with E-state index < -0.39 is 27.9 Å². The Morgan fingerprint density at radius 3 is 2.11 bits per heavy atom. The first kappa shape index (κ1) is 20.9. The number of sulfonamides is 1. The van der Waals surface area contributed by atoms with E-state index in [1.54, 1.807) is 12.1 Å². The number of carbonyl (C=O) groups excluding carboxylic acids is 3. The second-order valence-electron chi connectivity index (χ2n) is 5.62. The normalized spacial score (nSPS) is 10.7. The van der Waals surface area contributed by atoms with Gasteiger partial charge < -0.3 is 14.8 Å². The molecule has 0 unspecified atom stereocenters. The van der Waals surface area contributed by atoms with Gasteiger partial charge in [-0.25, -0.2) is 18.0 Å². The standard InChI is InChI=1S/C18H18N2O7S/c1-26-17(22)11-8-9-13(18(23)27-2)15(10-11)19-16(21)12-6-4-5-7-14(12)20-28(3,24)25/h4-10,20H,1-3H3,(H,19,21). The minimum Gasteiger partial charge on any atom is -0.465 e. The largest absolute Gasteiger partial charge is 0.465 e. The van der Waals surface area contributed by atoms with Crippen molar-refractivity contribution in [3.05, 3.63) is 59.2 Å². The zero-order valence-electron chi connectivity index (χ0n) is 15.3. The number of ether oxygens (including phenoxy) is 2. The van der Waals surface area contributed by atoms with E-state index in [0.29, 0.717) is 0 Å². The summed E-state index contributed by atoms with van der Waals surface area (Å²) in [7, 11) is -1.25. The van der Waals surface area contributed by atoms with Crippen molar-refractivity contribution in [1.29, 1.82) is 0 Å². The number of esters is 2. The van der Waals surface area contributed by atoms with Gasteiger partial charge in [0.05, 0.1) is 48.5 Å². The van der Waals surface area contributed by atoms with Gasteiger partial charge in [0, 0.05) is 0 Å². The summed E-state index contributed by atoms with van der Waals surface area (Å²) in [6.07, 6.45) is 0.955. The molecule has 1 amide bonds. The van der Waals surface area contributed by atoms with E-state index in [9.17, 15) is 22.8 Å². The summed E-state index contributed by atoms with van der Waals surface area (Å²) < 4.78 is 34.6. The van der Waals surface area contributed by atoms with Crippen LogP contribution in [0.3, 0.4) is 0 Å². The molecule has 0 bridgehead atoms. The van der Waals surface area contributed by atoms with E-state index in [0.717, 1.165) is 6.26 Å². The minimum absolute atomic E-state index is 0.00825. The maximum atomic E-state index is 12.7. The molecule has 2 aromatic rings. The molecule has 10 heteroatoms. The van der Waals surface area contributed by atoms with Crippen molar-refractivity contribution in [2.75, 3.05) is 30.5 Å². The monoisotopic (exact) mass is 406 g/mol. The number of para-hydroxylation sites is 1. The van der Waals surface area contributed by atoms with E-state index in [2.05, 4.69) is 19.5 Å². The van der Waals surface area contributed by atoms with Gasteiger partial charge in [0.1, 0.15) is 0 Å². The summed E-state index contributed by atoms with van der Waals surface area (Å²) in [5.74, 6) is -2.08. The summed E-state index contributed by atoms with van der Waals surface area (Å²) in [4.78, 5) is 36.5. The number of hydrogen-bond donors (Lipinski definition) is 2. The minimum atomic E-state index is -3.62. The number of benzene rings is 2. The lowest BCUT2D eigenvalue weighted by Gasteiger charge is -2.14. The van der Waals surface area contributed by atoms with Crippen LogP contribution < -0.4 is 10.0 Å². The molecule has 0 saturated carbocycles. The SMILES string of the molecule is COC(=O)c1ccc(C(=O)OC)c(NC(=O)c2ccccc2NS(C)(=O)=O)c1. The molecule has 2 N–H and O–H groups in total. The molecule has 148 valence electrons. The highest BCUT2D eigenvalue weighted by molar-refractivity contribution is 7.92. The molecule has 9 nitrogen and oxygen atoms in total. The predicted molar refractivity (Wildman–Crippen MR) is 102 cm³/mol. The van der Waals surface area contributed by atoms with Crippen LogP contribution in [0.5, 0.6) is 0 Å². The van der Waals surface area contributed by atoms with Crippen LogP contribution in [-0.2, 0) is 19.5 Å². The number of rotatable bonds is 6. The first-order valence-corrected chi connectivity index (χ1v) is 9.74. The Balaban J connectivity index is 2.45. The third-order valence-electron chi connectivity index (χ3n) is 3.56. The van der Waals surface area contributed by atoms with Crippen molar-refractivity contribution in [1.82, 2.24) is 0 Å². The highest BCUT2D eigenvalue weighted by Gasteiger charge is 2.20. The average molecular weight is 406 g/mol. The quantitative estimate of drug-likeness (QED) is 0.701. The van der Waals surface area contributed by atoms with Gasteiger partial charge in [-0.05, 0) is 30.3 Å². The van der Waals surface area contributed by atoms with Gasteiger partial charge in [-0.3, -0.25) is 9.52 Å². The number of hydrogen-bond acceptors (Lipinski definition) is 7. The lowest BCUT2D eigenvalue weighted by molar-refractivity contribution is 0.0587. The zero-order valence-corrected chi connectivity index (χ0v) is 16.1. The lowest BCUT2D eigenvalue weighted by Crippen LogP contribution is -2.19. The molecule has 28 heavy (non-hydrogen) atoms. The molecule has 0 spiro atoms. The molecule has 2 aromatic carbocycles. The van der Waals surface area contributed by atoms with E-state index in [1.807, 2.05) is 0 Å². The van der Waals surface area contributed by atoms with Crippen molar-refractivity contribution in [2.24, 2.45) is 0 Å². The smallest absolute Gasteiger partial charge is 0.339 e. The van der Waals surface area contributed by atoms with Crippen LogP contribution in [-0.4, -0.2) is 46.7 Å². The van der Waals surface area contributed by atoms with E-state index in [1.165, 1.54) is 44.6 Å². The molecule has 0 saturated heterocycles. The van der Waals surface area contributed by atoms with Crippen molar-refractivity contribution in [3.63, 3.8) is 0 Å².